The first-order valence-corrected chi connectivity index (χ1v) is 1.68. The molecule has 6 heteroatoms. The second kappa shape index (κ2) is 8.61. The average Bonchev–Trinajstić information content (AvgIpc) is 1.65. The molecule has 0 aromatic rings. The van der Waals surface area contributed by atoms with E-state index in [1.807, 2.05) is 0 Å². The molecule has 0 saturated carbocycles. The molecular formula is C3H7CaO5+. The quantitative estimate of drug-likeness (QED) is 0.403. The molecule has 0 rings (SSSR count). The molecule has 0 aromatic heterocycles. The molecule has 0 radical (unpaired) electrons. The molecule has 0 aromatic carbocycles. The number of aliphatic hydroxyl groups excluding tert-OH is 2. The number of aliphatic hydroxyl groups is 2. The Bertz CT molecular complexity index is 74.6. The molecule has 0 spiro atoms. The van der Waals surface area contributed by atoms with Crippen LogP contribution in [-0.4, -0.2) is 72.1 Å². The van der Waals surface area contributed by atoms with Gasteiger partial charge in [0.25, 0.3) is 0 Å². The second-order valence-electron chi connectivity index (χ2n) is 1.02. The molecule has 9 heavy (non-hydrogen) atoms. The number of carbonyl (C=O) groups excluding carboxylic acids is 1. The van der Waals surface area contributed by atoms with Gasteiger partial charge in [0.15, 0.2) is 0 Å². The summed E-state index contributed by atoms with van der Waals surface area (Å²) in [5.41, 5.74) is 0. The predicted molar refractivity (Wildman–Crippen MR) is 27.5 cm³/mol. The van der Waals surface area contributed by atoms with Crippen molar-refractivity contribution in [2.45, 2.75) is 6.10 Å². The van der Waals surface area contributed by atoms with E-state index in [0.29, 0.717) is 0 Å². The first-order chi connectivity index (χ1) is 3.18. The third-order valence-electron chi connectivity index (χ3n) is 0.445. The fourth-order valence-corrected chi connectivity index (χ4v) is 0.0745. The van der Waals surface area contributed by atoms with Crippen LogP contribution in [0.2, 0.25) is 0 Å². The van der Waals surface area contributed by atoms with Crippen LogP contribution in [0.3, 0.4) is 0 Å². The van der Waals surface area contributed by atoms with Gasteiger partial charge in [-0.2, -0.15) is 0 Å². The Balaban J connectivity index is -0.000000180. The minimum absolute atomic E-state index is 0. The van der Waals surface area contributed by atoms with Crippen LogP contribution in [0.5, 0.6) is 0 Å². The smallest absolute Gasteiger partial charge is 0.547 e. The van der Waals surface area contributed by atoms with Gasteiger partial charge in [-0.1, -0.05) is 0 Å². The maximum absolute atomic E-state index is 9.41. The van der Waals surface area contributed by atoms with Crippen LogP contribution in [-0.2, 0) is 4.79 Å². The summed E-state index contributed by atoms with van der Waals surface area (Å²) in [4.78, 5) is 9.41. The van der Waals surface area contributed by atoms with E-state index in [-0.39, 0.29) is 43.2 Å². The zero-order valence-electron chi connectivity index (χ0n) is 4.70. The number of hydrogen-bond donors (Lipinski definition) is 2. The van der Waals surface area contributed by atoms with Crippen molar-refractivity contribution in [3.8, 4) is 0 Å². The first-order valence-electron chi connectivity index (χ1n) is 1.68. The molecule has 5 nitrogen and oxygen atoms in total. The molecule has 1 unspecified atom stereocenters. The van der Waals surface area contributed by atoms with Crippen molar-refractivity contribution >= 4 is 43.7 Å². The molecule has 50 valence electrons. The minimum Gasteiger partial charge on any atom is -0.547 e. The van der Waals surface area contributed by atoms with Gasteiger partial charge in [0, 0.05) is 0 Å². The van der Waals surface area contributed by atoms with Crippen molar-refractivity contribution in [1.82, 2.24) is 0 Å². The van der Waals surface area contributed by atoms with Crippen LogP contribution < -0.4 is 5.11 Å². The SMILES string of the molecule is O.O=C([O-])C(O)CO.[Ca+2]. The van der Waals surface area contributed by atoms with E-state index in [9.17, 15) is 9.90 Å². The summed E-state index contributed by atoms with van der Waals surface area (Å²) >= 11 is 0. The van der Waals surface area contributed by atoms with Crippen molar-refractivity contribution < 1.29 is 25.6 Å². The van der Waals surface area contributed by atoms with E-state index in [2.05, 4.69) is 0 Å². The third kappa shape index (κ3) is 8.61. The summed E-state index contributed by atoms with van der Waals surface area (Å²) in [5.74, 6) is -1.65. The van der Waals surface area contributed by atoms with Crippen LogP contribution in [0.25, 0.3) is 0 Å². The molecule has 0 bridgehead atoms. The van der Waals surface area contributed by atoms with Gasteiger partial charge in [-0.3, -0.25) is 0 Å². The molecule has 0 fully saturated rings. The van der Waals surface area contributed by atoms with Gasteiger partial charge in [-0.25, -0.2) is 0 Å². The van der Waals surface area contributed by atoms with Crippen LogP contribution in [0.1, 0.15) is 0 Å². The molecule has 0 aliphatic carbocycles. The minimum atomic E-state index is -1.74. The van der Waals surface area contributed by atoms with E-state index in [4.69, 9.17) is 10.2 Å². The average molecular weight is 163 g/mol. The van der Waals surface area contributed by atoms with Crippen molar-refractivity contribution in [2.24, 2.45) is 0 Å². The van der Waals surface area contributed by atoms with Crippen LogP contribution in [0.15, 0.2) is 0 Å². The van der Waals surface area contributed by atoms with Gasteiger partial charge in [0.05, 0.1) is 12.6 Å². The van der Waals surface area contributed by atoms with Crippen molar-refractivity contribution in [2.75, 3.05) is 6.61 Å². The Morgan fingerprint density at radius 3 is 2.00 bits per heavy atom. The molecule has 4 N–H and O–H groups in total. The maximum Gasteiger partial charge on any atom is 2.00 e. The number of hydrogen-bond acceptors (Lipinski definition) is 4. The number of carboxylic acids is 1. The van der Waals surface area contributed by atoms with Crippen molar-refractivity contribution in [3.63, 3.8) is 0 Å². The van der Waals surface area contributed by atoms with Gasteiger partial charge in [0.1, 0.15) is 6.10 Å². The predicted octanol–water partition coefficient (Wildman–Crippen LogP) is -4.12. The van der Waals surface area contributed by atoms with Gasteiger partial charge >= 0.3 is 37.7 Å². The fourth-order valence-electron chi connectivity index (χ4n) is 0.0745. The second-order valence-corrected chi connectivity index (χ2v) is 1.02. The first kappa shape index (κ1) is 16.3. The largest absolute Gasteiger partial charge is 2.00 e. The molecule has 1 atom stereocenters. The van der Waals surface area contributed by atoms with E-state index in [0.717, 1.165) is 0 Å². The Labute approximate surface area is 81.6 Å². The monoisotopic (exact) mass is 163 g/mol. The summed E-state index contributed by atoms with van der Waals surface area (Å²) in [6.45, 7) is -0.789. The summed E-state index contributed by atoms with van der Waals surface area (Å²) in [7, 11) is 0. The standard InChI is InChI=1S/C3H6O4.Ca.H2O/c4-1-2(5)3(6)7;;/h2,4-5H,1H2,(H,6,7);;1H2/q;+2;/p-1. The number of rotatable bonds is 2. The number of aliphatic carboxylic acids is 1. The zero-order chi connectivity index (χ0) is 5.86. The molecule has 0 heterocycles. The Morgan fingerprint density at radius 2 is 2.00 bits per heavy atom. The van der Waals surface area contributed by atoms with Crippen LogP contribution in [0, 0.1) is 0 Å². The fraction of sp³-hybridized carbons (Fsp3) is 0.667. The van der Waals surface area contributed by atoms with Crippen LogP contribution >= 0.6 is 0 Å². The third-order valence-corrected chi connectivity index (χ3v) is 0.445. The molecule has 0 aliphatic heterocycles. The summed E-state index contributed by atoms with van der Waals surface area (Å²) in [5, 5.41) is 25.3. The topological polar surface area (TPSA) is 112 Å². The Kier molecular flexibility index (Phi) is 15.6. The van der Waals surface area contributed by atoms with Crippen LogP contribution in [0.4, 0.5) is 0 Å². The Morgan fingerprint density at radius 1 is 1.67 bits per heavy atom. The molecule has 0 amide bonds. The van der Waals surface area contributed by atoms with Gasteiger partial charge in [-0.15, -0.1) is 0 Å². The van der Waals surface area contributed by atoms with E-state index >= 15 is 0 Å². The van der Waals surface area contributed by atoms with E-state index in [1.54, 1.807) is 0 Å². The normalized spacial score (nSPS) is 10.4. The maximum atomic E-state index is 9.41. The molecule has 0 saturated heterocycles. The van der Waals surface area contributed by atoms with Crippen molar-refractivity contribution in [3.05, 3.63) is 0 Å². The van der Waals surface area contributed by atoms with Gasteiger partial charge in [-0.05, 0) is 0 Å². The Hall–Kier alpha value is 0.610. The summed E-state index contributed by atoms with van der Waals surface area (Å²) in [6.07, 6.45) is -1.74. The number of carboxylic acid groups (broad SMARTS) is 1. The van der Waals surface area contributed by atoms with E-state index < -0.39 is 18.7 Å². The van der Waals surface area contributed by atoms with Gasteiger partial charge in [0.2, 0.25) is 0 Å². The summed E-state index contributed by atoms with van der Waals surface area (Å²) < 4.78 is 0. The van der Waals surface area contributed by atoms with E-state index in [1.165, 1.54) is 0 Å². The van der Waals surface area contributed by atoms with Gasteiger partial charge < -0.3 is 25.6 Å². The number of carbonyl (C=O) groups is 1. The molecule has 0 aliphatic rings. The summed E-state index contributed by atoms with van der Waals surface area (Å²) in [6, 6.07) is 0. The molecular weight excluding hydrogens is 156 g/mol. The zero-order valence-corrected chi connectivity index (χ0v) is 6.91. The van der Waals surface area contributed by atoms with Crippen molar-refractivity contribution in [1.29, 1.82) is 0 Å².